The quantitative estimate of drug-likeness (QED) is 0.669. The van der Waals surface area contributed by atoms with Crippen molar-refractivity contribution < 1.29 is 4.39 Å². The molecule has 0 nitrogen and oxygen atoms in total. The van der Waals surface area contributed by atoms with Gasteiger partial charge in [-0.2, -0.15) is 11.8 Å². The van der Waals surface area contributed by atoms with E-state index in [4.69, 9.17) is 0 Å². The van der Waals surface area contributed by atoms with Crippen LogP contribution in [0.2, 0.25) is 0 Å². The number of halogens is 1. The van der Waals surface area contributed by atoms with Crippen LogP contribution in [0.4, 0.5) is 4.39 Å². The Balaban J connectivity index is 1.94. The summed E-state index contributed by atoms with van der Waals surface area (Å²) in [7, 11) is 0. The van der Waals surface area contributed by atoms with Crippen molar-refractivity contribution in [3.05, 3.63) is 70.5 Å². The average Bonchev–Trinajstić information content (AvgIpc) is 2.86. The Hall–Kier alpha value is -1.28. The van der Waals surface area contributed by atoms with Gasteiger partial charge in [-0.1, -0.05) is 30.3 Å². The molecule has 2 aromatic carbocycles. The molecule has 0 bridgehead atoms. The molecule has 2 aromatic rings. The van der Waals surface area contributed by atoms with E-state index in [1.165, 1.54) is 34.4 Å². The number of thioether (sulfide) groups is 1. The van der Waals surface area contributed by atoms with E-state index in [0.717, 1.165) is 6.42 Å². The highest BCUT2D eigenvalue weighted by atomic mass is 32.2. The third kappa shape index (κ3) is 1.81. The minimum atomic E-state index is -0.101. The number of rotatable bonds is 0. The molecule has 2 atom stereocenters. The summed E-state index contributed by atoms with van der Waals surface area (Å²) < 4.78 is 13.6. The van der Waals surface area contributed by atoms with Crippen LogP contribution in [-0.2, 0) is 6.42 Å². The largest absolute Gasteiger partial charge is 0.207 e. The van der Waals surface area contributed by atoms with Crippen molar-refractivity contribution in [1.82, 2.24) is 0 Å². The van der Waals surface area contributed by atoms with Gasteiger partial charge in [0.1, 0.15) is 5.82 Å². The van der Waals surface area contributed by atoms with Crippen molar-refractivity contribution in [2.75, 3.05) is 5.75 Å². The summed E-state index contributed by atoms with van der Waals surface area (Å²) in [5, 5.41) is 0.439. The minimum absolute atomic E-state index is 0.101. The lowest BCUT2D eigenvalue weighted by atomic mass is 9.89. The van der Waals surface area contributed by atoms with Gasteiger partial charge in [-0.3, -0.25) is 0 Å². The highest BCUT2D eigenvalue weighted by molar-refractivity contribution is 7.99. The van der Waals surface area contributed by atoms with Gasteiger partial charge in [-0.25, -0.2) is 4.39 Å². The number of hydrogen-bond acceptors (Lipinski definition) is 1. The normalized spacial score (nSPS) is 24.3. The number of benzene rings is 2. The first-order valence-electron chi connectivity index (χ1n) is 6.80. The predicted octanol–water partition coefficient (Wildman–Crippen LogP) is 4.69. The van der Waals surface area contributed by atoms with Crippen LogP contribution in [0.25, 0.3) is 0 Å². The van der Waals surface area contributed by atoms with Crippen LogP contribution < -0.4 is 0 Å². The lowest BCUT2D eigenvalue weighted by Crippen LogP contribution is -2.03. The van der Waals surface area contributed by atoms with Gasteiger partial charge in [-0.15, -0.1) is 0 Å². The molecule has 1 saturated heterocycles. The smallest absolute Gasteiger partial charge is 0.123 e. The zero-order valence-electron chi connectivity index (χ0n) is 10.6. The molecule has 4 rings (SSSR count). The SMILES string of the molecule is Fc1ccc2c(c1)[C@H]1SCC[C@@H]1c1ccccc1C2. The summed E-state index contributed by atoms with van der Waals surface area (Å²) in [5.41, 5.74) is 5.43. The van der Waals surface area contributed by atoms with Gasteiger partial charge in [0, 0.05) is 11.2 Å². The zero-order valence-corrected chi connectivity index (χ0v) is 11.4. The topological polar surface area (TPSA) is 0 Å². The monoisotopic (exact) mass is 270 g/mol. The fourth-order valence-electron chi connectivity index (χ4n) is 3.47. The van der Waals surface area contributed by atoms with Crippen LogP contribution in [0.1, 0.15) is 39.8 Å². The van der Waals surface area contributed by atoms with Gasteiger partial charge in [0.2, 0.25) is 0 Å². The maximum Gasteiger partial charge on any atom is 0.123 e. The first kappa shape index (κ1) is 11.5. The fraction of sp³-hybridized carbons (Fsp3) is 0.294. The second-order valence-electron chi connectivity index (χ2n) is 5.41. The second kappa shape index (κ2) is 4.38. The molecule has 0 amide bonds. The highest BCUT2D eigenvalue weighted by Gasteiger charge is 2.35. The number of fused-ring (bicyclic) bond motifs is 5. The molecule has 0 unspecified atom stereocenters. The molecule has 0 spiro atoms. The third-order valence-electron chi connectivity index (χ3n) is 4.34. The van der Waals surface area contributed by atoms with Gasteiger partial charge in [0.15, 0.2) is 0 Å². The molecule has 19 heavy (non-hydrogen) atoms. The molecule has 0 N–H and O–H groups in total. The molecule has 1 aliphatic carbocycles. The fourth-order valence-corrected chi connectivity index (χ4v) is 5.03. The molecule has 0 aromatic heterocycles. The van der Waals surface area contributed by atoms with Crippen LogP contribution in [0.15, 0.2) is 42.5 Å². The second-order valence-corrected chi connectivity index (χ2v) is 6.65. The Morgan fingerprint density at radius 3 is 2.79 bits per heavy atom. The van der Waals surface area contributed by atoms with Crippen LogP contribution in [0, 0.1) is 5.82 Å². The first-order chi connectivity index (χ1) is 9.33. The van der Waals surface area contributed by atoms with E-state index in [1.54, 1.807) is 12.1 Å². The average molecular weight is 270 g/mol. The van der Waals surface area contributed by atoms with Gasteiger partial charge in [0.25, 0.3) is 0 Å². The van der Waals surface area contributed by atoms with E-state index in [9.17, 15) is 4.39 Å². The molecular weight excluding hydrogens is 255 g/mol. The van der Waals surface area contributed by atoms with Crippen molar-refractivity contribution in [2.24, 2.45) is 0 Å². The van der Waals surface area contributed by atoms with E-state index in [0.29, 0.717) is 11.2 Å². The standard InChI is InChI=1S/C17H15FS/c18-13-6-5-12-9-11-3-1-2-4-14(11)15-7-8-19-17(15)16(12)10-13/h1-6,10,15,17H,7-9H2/t15-,17+/m1/s1. The summed E-state index contributed by atoms with van der Waals surface area (Å²) in [6.07, 6.45) is 2.15. The molecule has 1 fully saturated rings. The summed E-state index contributed by atoms with van der Waals surface area (Å²) >= 11 is 1.99. The summed E-state index contributed by atoms with van der Waals surface area (Å²) in [5.74, 6) is 1.64. The Kier molecular flexibility index (Phi) is 2.66. The Morgan fingerprint density at radius 2 is 1.84 bits per heavy atom. The Morgan fingerprint density at radius 1 is 1.00 bits per heavy atom. The van der Waals surface area contributed by atoms with Gasteiger partial charge in [-0.05, 0) is 53.0 Å². The van der Waals surface area contributed by atoms with Crippen molar-refractivity contribution in [2.45, 2.75) is 24.0 Å². The zero-order chi connectivity index (χ0) is 12.8. The highest BCUT2D eigenvalue weighted by Crippen LogP contribution is 2.53. The number of hydrogen-bond donors (Lipinski definition) is 0. The summed E-state index contributed by atoms with van der Waals surface area (Å²) in [6.45, 7) is 0. The Labute approximate surface area is 117 Å². The summed E-state index contributed by atoms with van der Waals surface area (Å²) in [4.78, 5) is 0. The van der Waals surface area contributed by atoms with Crippen LogP contribution in [-0.4, -0.2) is 5.75 Å². The first-order valence-corrected chi connectivity index (χ1v) is 7.85. The van der Waals surface area contributed by atoms with Gasteiger partial charge < -0.3 is 0 Å². The van der Waals surface area contributed by atoms with Crippen LogP contribution in [0.5, 0.6) is 0 Å². The molecule has 0 radical (unpaired) electrons. The van der Waals surface area contributed by atoms with Gasteiger partial charge >= 0.3 is 0 Å². The molecule has 1 aliphatic heterocycles. The lowest BCUT2D eigenvalue weighted by molar-refractivity contribution is 0.620. The maximum atomic E-state index is 13.6. The van der Waals surface area contributed by atoms with Crippen molar-refractivity contribution in [1.29, 1.82) is 0 Å². The van der Waals surface area contributed by atoms with Crippen LogP contribution in [0.3, 0.4) is 0 Å². The molecule has 2 heteroatoms. The van der Waals surface area contributed by atoms with Crippen molar-refractivity contribution in [3.63, 3.8) is 0 Å². The van der Waals surface area contributed by atoms with Crippen molar-refractivity contribution >= 4 is 11.8 Å². The van der Waals surface area contributed by atoms with E-state index in [2.05, 4.69) is 24.3 Å². The molecule has 96 valence electrons. The van der Waals surface area contributed by atoms with E-state index in [1.807, 2.05) is 17.8 Å². The minimum Gasteiger partial charge on any atom is -0.207 e. The third-order valence-corrected chi connectivity index (χ3v) is 5.75. The molecule has 0 saturated carbocycles. The van der Waals surface area contributed by atoms with E-state index in [-0.39, 0.29) is 5.82 Å². The lowest BCUT2D eigenvalue weighted by Gasteiger charge is -2.19. The predicted molar refractivity (Wildman–Crippen MR) is 78.2 cm³/mol. The van der Waals surface area contributed by atoms with E-state index < -0.39 is 0 Å². The molecule has 1 heterocycles. The molecule has 2 aliphatic rings. The Bertz CT molecular complexity index is 635. The van der Waals surface area contributed by atoms with Gasteiger partial charge in [0.05, 0.1) is 0 Å². The van der Waals surface area contributed by atoms with E-state index >= 15 is 0 Å². The summed E-state index contributed by atoms with van der Waals surface area (Å²) in [6, 6.07) is 14.1. The van der Waals surface area contributed by atoms with Crippen molar-refractivity contribution in [3.8, 4) is 0 Å². The molecular formula is C17H15FS. The maximum absolute atomic E-state index is 13.6. The van der Waals surface area contributed by atoms with Crippen LogP contribution >= 0.6 is 11.8 Å².